The van der Waals surface area contributed by atoms with Crippen molar-refractivity contribution in [3.8, 4) is 6.07 Å². The van der Waals surface area contributed by atoms with Gasteiger partial charge in [0.15, 0.2) is 0 Å². The van der Waals surface area contributed by atoms with Crippen LogP contribution in [0.2, 0.25) is 0 Å². The lowest BCUT2D eigenvalue weighted by Crippen LogP contribution is -2.42. The number of rotatable bonds is 12. The second kappa shape index (κ2) is 14.1. The third-order valence-corrected chi connectivity index (χ3v) is 4.79. The molecule has 2 aromatic rings. The molecular weight excluding hydrogens is 451 g/mol. The summed E-state index contributed by atoms with van der Waals surface area (Å²) in [6, 6.07) is 9.43. The van der Waals surface area contributed by atoms with E-state index >= 15 is 0 Å². The molecular formula is C23H25BN6O5. The fourth-order valence-corrected chi connectivity index (χ4v) is 2.95. The van der Waals surface area contributed by atoms with Crippen LogP contribution in [0, 0.1) is 11.3 Å². The van der Waals surface area contributed by atoms with Crippen molar-refractivity contribution in [2.24, 2.45) is 4.99 Å². The molecule has 1 aromatic carbocycles. The molecule has 12 heteroatoms. The van der Waals surface area contributed by atoms with E-state index < -0.39 is 30.9 Å². The molecule has 180 valence electrons. The molecule has 1 heterocycles. The normalized spacial score (nSPS) is 11.6. The molecule has 0 unspecified atom stereocenters. The topological polar surface area (TPSA) is 178 Å². The van der Waals surface area contributed by atoms with Crippen molar-refractivity contribution in [3.63, 3.8) is 0 Å². The number of aromatic nitrogens is 2. The Morgan fingerprint density at radius 1 is 1.17 bits per heavy atom. The quantitative estimate of drug-likeness (QED) is 0.110. The molecule has 0 spiro atoms. The van der Waals surface area contributed by atoms with Crippen LogP contribution in [0.25, 0.3) is 0 Å². The molecule has 0 bridgehead atoms. The average molecular weight is 476 g/mol. The Bertz CT molecular complexity index is 1100. The third-order valence-electron chi connectivity index (χ3n) is 4.79. The highest BCUT2D eigenvalue weighted by molar-refractivity contribution is 6.80. The van der Waals surface area contributed by atoms with E-state index in [0.29, 0.717) is 12.8 Å². The summed E-state index contributed by atoms with van der Waals surface area (Å²) in [6.07, 6.45) is 5.02. The first kappa shape index (κ1) is 27.0. The van der Waals surface area contributed by atoms with Crippen LogP contribution in [-0.4, -0.2) is 63.1 Å². The van der Waals surface area contributed by atoms with Gasteiger partial charge in [-0.1, -0.05) is 36.9 Å². The van der Waals surface area contributed by atoms with Gasteiger partial charge < -0.3 is 20.7 Å². The van der Waals surface area contributed by atoms with E-state index in [1.165, 1.54) is 18.6 Å². The summed E-state index contributed by atoms with van der Waals surface area (Å²) in [6.45, 7) is 3.56. The van der Waals surface area contributed by atoms with Gasteiger partial charge in [0.1, 0.15) is 23.4 Å². The second-order valence-corrected chi connectivity index (χ2v) is 7.44. The Morgan fingerprint density at radius 3 is 2.54 bits per heavy atom. The minimum atomic E-state index is -1.96. The van der Waals surface area contributed by atoms with Crippen molar-refractivity contribution in [1.29, 1.82) is 5.26 Å². The smallest absolute Gasteiger partial charge is 0.422 e. The van der Waals surface area contributed by atoms with Gasteiger partial charge in [-0.05, 0) is 24.8 Å². The molecule has 0 aliphatic carbocycles. The van der Waals surface area contributed by atoms with Crippen molar-refractivity contribution in [2.45, 2.75) is 31.7 Å². The standard InChI is InChI=1S/C23H25BN6O5/c1-16(14-25)21(31)28-10-6-5-9-18(29-23(33)19-15-26-11-12-27-19)22(32)30-20(24(34)35)13-17-7-3-2-4-8-17/h2-4,7-8,11-12,15,18,34-35H,1,5-6,9-10,13H2,(H,28,31)(H,29,33)/t18-/m0/s1. The van der Waals surface area contributed by atoms with Crippen molar-refractivity contribution < 1.29 is 24.4 Å². The molecule has 4 N–H and O–H groups in total. The maximum atomic E-state index is 12.9. The van der Waals surface area contributed by atoms with Crippen LogP contribution in [-0.2, 0) is 16.0 Å². The zero-order valence-corrected chi connectivity index (χ0v) is 18.9. The van der Waals surface area contributed by atoms with Crippen LogP contribution in [0.3, 0.4) is 0 Å². The number of nitriles is 1. The largest absolute Gasteiger partial charge is 0.504 e. The maximum Gasteiger partial charge on any atom is 0.504 e. The fourth-order valence-electron chi connectivity index (χ4n) is 2.95. The zero-order valence-electron chi connectivity index (χ0n) is 18.9. The average Bonchev–Trinajstić information content (AvgIpc) is 2.87. The molecule has 0 saturated heterocycles. The zero-order chi connectivity index (χ0) is 25.6. The van der Waals surface area contributed by atoms with Crippen LogP contribution in [0.1, 0.15) is 35.3 Å². The van der Waals surface area contributed by atoms with Gasteiger partial charge in [0, 0.05) is 25.4 Å². The lowest BCUT2D eigenvalue weighted by molar-refractivity contribution is -0.120. The molecule has 3 amide bonds. The Kier molecular flexibility index (Phi) is 10.9. The van der Waals surface area contributed by atoms with Crippen molar-refractivity contribution in [3.05, 3.63) is 72.3 Å². The minimum absolute atomic E-state index is 0.00302. The second-order valence-electron chi connectivity index (χ2n) is 7.44. The van der Waals surface area contributed by atoms with Gasteiger partial charge in [0.2, 0.25) is 0 Å². The van der Waals surface area contributed by atoms with E-state index in [0.717, 1.165) is 5.56 Å². The van der Waals surface area contributed by atoms with E-state index in [1.54, 1.807) is 36.4 Å². The first-order valence-electron chi connectivity index (χ1n) is 10.8. The molecule has 1 atom stereocenters. The van der Waals surface area contributed by atoms with Gasteiger partial charge in [-0.2, -0.15) is 5.26 Å². The van der Waals surface area contributed by atoms with Gasteiger partial charge in [-0.15, -0.1) is 0 Å². The summed E-state index contributed by atoms with van der Waals surface area (Å²) < 4.78 is 0. The van der Waals surface area contributed by atoms with Gasteiger partial charge in [0.25, 0.3) is 17.7 Å². The van der Waals surface area contributed by atoms with Crippen molar-refractivity contribution in [1.82, 2.24) is 20.6 Å². The lowest BCUT2D eigenvalue weighted by atomic mass is 9.79. The number of unbranched alkanes of at least 4 members (excludes halogenated alkanes) is 1. The molecule has 11 nitrogen and oxygen atoms in total. The molecule has 1 aromatic heterocycles. The molecule has 35 heavy (non-hydrogen) atoms. The number of benzene rings is 1. The molecule has 0 saturated carbocycles. The number of nitrogens with one attached hydrogen (secondary N) is 2. The molecule has 0 aliphatic heterocycles. The third kappa shape index (κ3) is 9.28. The van der Waals surface area contributed by atoms with Crippen LogP contribution in [0.15, 0.2) is 66.1 Å². The summed E-state index contributed by atoms with van der Waals surface area (Å²) in [4.78, 5) is 48.7. The number of aliphatic imine (C=N–C) groups is 1. The fraction of sp³-hybridized carbons (Fsp3) is 0.261. The van der Waals surface area contributed by atoms with E-state index in [9.17, 15) is 24.4 Å². The maximum absolute atomic E-state index is 12.9. The predicted molar refractivity (Wildman–Crippen MR) is 128 cm³/mol. The molecule has 2 rings (SSSR count). The van der Waals surface area contributed by atoms with E-state index in [-0.39, 0.29) is 36.3 Å². The SMILES string of the molecule is C=C(C#N)C(=O)NCCCC[C@H](NC(=O)c1cnccn1)C(=O)N=C(Cc1ccccc1)B(O)O. The van der Waals surface area contributed by atoms with E-state index in [4.69, 9.17) is 5.26 Å². The minimum Gasteiger partial charge on any atom is -0.422 e. The highest BCUT2D eigenvalue weighted by atomic mass is 16.4. The summed E-state index contributed by atoms with van der Waals surface area (Å²) in [5.41, 5.74) is 0.351. The summed E-state index contributed by atoms with van der Waals surface area (Å²) >= 11 is 0. The monoisotopic (exact) mass is 476 g/mol. The van der Waals surface area contributed by atoms with E-state index in [1.807, 2.05) is 0 Å². The highest BCUT2D eigenvalue weighted by Gasteiger charge is 2.25. The van der Waals surface area contributed by atoms with Gasteiger partial charge in [-0.3, -0.25) is 19.4 Å². The summed E-state index contributed by atoms with van der Waals surface area (Å²) in [5.74, 6) is -1.98. The van der Waals surface area contributed by atoms with Crippen LogP contribution in [0.4, 0.5) is 0 Å². The number of carbonyl (C=O) groups is 3. The highest BCUT2D eigenvalue weighted by Crippen LogP contribution is 2.08. The molecule has 0 aliphatic rings. The Morgan fingerprint density at radius 2 is 1.91 bits per heavy atom. The Balaban J connectivity index is 2.10. The first-order chi connectivity index (χ1) is 16.8. The number of amides is 3. The van der Waals surface area contributed by atoms with Gasteiger partial charge >= 0.3 is 7.12 Å². The van der Waals surface area contributed by atoms with Crippen LogP contribution >= 0.6 is 0 Å². The Hall–Kier alpha value is -4.21. The number of hydrogen-bond acceptors (Lipinski definition) is 8. The van der Waals surface area contributed by atoms with Crippen LogP contribution in [0.5, 0.6) is 0 Å². The predicted octanol–water partition coefficient (Wildman–Crippen LogP) is 0.164. The first-order valence-corrected chi connectivity index (χ1v) is 10.8. The van der Waals surface area contributed by atoms with Gasteiger partial charge in [0.05, 0.1) is 11.8 Å². The van der Waals surface area contributed by atoms with Gasteiger partial charge in [-0.25, -0.2) is 9.98 Å². The van der Waals surface area contributed by atoms with E-state index in [2.05, 4.69) is 32.2 Å². The number of hydrogen-bond donors (Lipinski definition) is 4. The van der Waals surface area contributed by atoms with Crippen molar-refractivity contribution >= 4 is 30.5 Å². The van der Waals surface area contributed by atoms with Crippen molar-refractivity contribution in [2.75, 3.05) is 6.54 Å². The van der Waals surface area contributed by atoms with Crippen LogP contribution < -0.4 is 10.6 Å². The lowest BCUT2D eigenvalue weighted by Gasteiger charge is -2.16. The Labute approximate surface area is 202 Å². The molecule has 0 radical (unpaired) electrons. The molecule has 0 fully saturated rings. The summed E-state index contributed by atoms with van der Waals surface area (Å²) in [5, 5.41) is 33.2. The number of nitrogens with zero attached hydrogens (tertiary/aromatic N) is 4. The number of carbonyl (C=O) groups excluding carboxylic acids is 3. The summed E-state index contributed by atoms with van der Waals surface area (Å²) in [7, 11) is -1.96.